The predicted molar refractivity (Wildman–Crippen MR) is 62.5 cm³/mol. The Bertz CT molecular complexity index is 420. The average Bonchev–Trinajstić information content (AvgIpc) is 2.39. The summed E-state index contributed by atoms with van der Waals surface area (Å²) in [6.45, 7) is 4.74. The molecule has 0 saturated heterocycles. The van der Waals surface area contributed by atoms with Gasteiger partial charge in [0.2, 0.25) is 0 Å². The van der Waals surface area contributed by atoms with Gasteiger partial charge in [-0.2, -0.15) is 0 Å². The van der Waals surface area contributed by atoms with Crippen LogP contribution in [0.3, 0.4) is 0 Å². The van der Waals surface area contributed by atoms with E-state index < -0.39 is 0 Å². The van der Waals surface area contributed by atoms with Gasteiger partial charge in [-0.15, -0.1) is 0 Å². The lowest BCUT2D eigenvalue weighted by atomic mass is 10.1. The third kappa shape index (κ3) is 1.86. The van der Waals surface area contributed by atoms with Crippen molar-refractivity contribution in [2.24, 2.45) is 0 Å². The molecule has 0 spiro atoms. The molecule has 0 bridgehead atoms. The number of rotatable bonds is 1. The summed E-state index contributed by atoms with van der Waals surface area (Å²) in [4.78, 5) is 10.6. The van der Waals surface area contributed by atoms with Gasteiger partial charge < -0.3 is 10.6 Å². The van der Waals surface area contributed by atoms with Gasteiger partial charge in [0.1, 0.15) is 5.69 Å². The van der Waals surface area contributed by atoms with Crippen LogP contribution < -0.4 is 10.6 Å². The lowest BCUT2D eigenvalue weighted by Gasteiger charge is -2.18. The number of hydrogen-bond donors (Lipinski definition) is 2. The van der Waals surface area contributed by atoms with Crippen molar-refractivity contribution in [3.63, 3.8) is 0 Å². The zero-order valence-corrected chi connectivity index (χ0v) is 9.36. The number of benzene rings is 1. The Morgan fingerprint density at radius 2 is 2.12 bits per heavy atom. The number of hydrogen-bond acceptors (Lipinski definition) is 4. The second kappa shape index (κ2) is 4.09. The molecular weight excluding hydrogens is 206 g/mol. The number of nitrogens with zero attached hydrogens (tertiary/aromatic N) is 1. The number of fused-ring (bicyclic) bond motifs is 1. The summed E-state index contributed by atoms with van der Waals surface area (Å²) in [5, 5.41) is 17.5. The molecule has 0 radical (unpaired) electrons. The van der Waals surface area contributed by atoms with Crippen LogP contribution in [0, 0.1) is 10.1 Å². The second-order valence-electron chi connectivity index (χ2n) is 4.17. The summed E-state index contributed by atoms with van der Waals surface area (Å²) < 4.78 is 0. The van der Waals surface area contributed by atoms with Crippen LogP contribution in [0.5, 0.6) is 0 Å². The number of para-hydroxylation sites is 1. The Balaban J connectivity index is 2.46. The summed E-state index contributed by atoms with van der Waals surface area (Å²) in [6.07, 6.45) is 0. The molecule has 1 aromatic carbocycles. The normalized spacial score (nSPS) is 24.1. The molecule has 0 amide bonds. The van der Waals surface area contributed by atoms with E-state index in [1.54, 1.807) is 6.07 Å². The fraction of sp³-hybridized carbons (Fsp3) is 0.455. The van der Waals surface area contributed by atoms with Gasteiger partial charge in [0.15, 0.2) is 0 Å². The van der Waals surface area contributed by atoms with E-state index in [0.29, 0.717) is 12.2 Å². The van der Waals surface area contributed by atoms with Crippen LogP contribution in [0.15, 0.2) is 18.2 Å². The van der Waals surface area contributed by atoms with Crippen molar-refractivity contribution in [3.8, 4) is 0 Å². The maximum atomic E-state index is 10.9. The van der Waals surface area contributed by atoms with Crippen molar-refractivity contribution >= 4 is 11.4 Å². The second-order valence-corrected chi connectivity index (χ2v) is 4.17. The van der Waals surface area contributed by atoms with Crippen LogP contribution in [-0.4, -0.2) is 17.0 Å². The number of nitro groups is 1. The van der Waals surface area contributed by atoms with E-state index in [1.165, 1.54) is 6.07 Å². The highest BCUT2D eigenvalue weighted by Crippen LogP contribution is 2.30. The molecule has 2 atom stereocenters. The molecule has 16 heavy (non-hydrogen) atoms. The summed E-state index contributed by atoms with van der Waals surface area (Å²) in [5.41, 5.74) is 1.75. The standard InChI is InChI=1S/C11H15N3O2/c1-7-8(2)13-11-9(6-12-7)4-3-5-10(11)14(15)16/h3-5,7-8,12-13H,6H2,1-2H3. The molecule has 86 valence electrons. The van der Waals surface area contributed by atoms with Crippen molar-refractivity contribution in [3.05, 3.63) is 33.9 Å². The van der Waals surface area contributed by atoms with Gasteiger partial charge in [0, 0.05) is 24.7 Å². The molecule has 5 heteroatoms. The van der Waals surface area contributed by atoms with E-state index in [1.807, 2.05) is 13.0 Å². The number of anilines is 1. The minimum absolute atomic E-state index is 0.153. The highest BCUT2D eigenvalue weighted by atomic mass is 16.6. The smallest absolute Gasteiger partial charge is 0.292 e. The van der Waals surface area contributed by atoms with Crippen LogP contribution in [0.4, 0.5) is 11.4 Å². The Hall–Kier alpha value is -1.62. The maximum Gasteiger partial charge on any atom is 0.292 e. The molecular formula is C11H15N3O2. The zero-order valence-electron chi connectivity index (χ0n) is 9.36. The summed E-state index contributed by atoms with van der Waals surface area (Å²) in [6, 6.07) is 5.62. The van der Waals surface area contributed by atoms with Crippen LogP contribution in [0.2, 0.25) is 0 Å². The molecule has 2 N–H and O–H groups in total. The third-order valence-electron chi connectivity index (χ3n) is 3.06. The van der Waals surface area contributed by atoms with E-state index in [2.05, 4.69) is 17.6 Å². The first kappa shape index (κ1) is 10.9. The van der Waals surface area contributed by atoms with Gasteiger partial charge in [-0.3, -0.25) is 10.1 Å². The van der Waals surface area contributed by atoms with Gasteiger partial charge >= 0.3 is 0 Å². The molecule has 0 fully saturated rings. The molecule has 0 aromatic heterocycles. The van der Waals surface area contributed by atoms with E-state index in [-0.39, 0.29) is 22.7 Å². The van der Waals surface area contributed by atoms with Gasteiger partial charge in [-0.1, -0.05) is 12.1 Å². The maximum absolute atomic E-state index is 10.9. The quantitative estimate of drug-likeness (QED) is 0.561. The molecule has 1 heterocycles. The van der Waals surface area contributed by atoms with Gasteiger partial charge in [-0.25, -0.2) is 0 Å². The molecule has 2 unspecified atom stereocenters. The molecule has 1 aliphatic rings. The Kier molecular flexibility index (Phi) is 2.78. The fourth-order valence-corrected chi connectivity index (χ4v) is 1.85. The van der Waals surface area contributed by atoms with Gasteiger partial charge in [-0.05, 0) is 19.4 Å². The largest absolute Gasteiger partial charge is 0.375 e. The van der Waals surface area contributed by atoms with Crippen molar-refractivity contribution in [2.45, 2.75) is 32.5 Å². The van der Waals surface area contributed by atoms with E-state index in [0.717, 1.165) is 5.56 Å². The first-order valence-corrected chi connectivity index (χ1v) is 5.36. The number of nitrogens with one attached hydrogen (secondary N) is 2. The number of nitro benzene ring substituents is 1. The molecule has 1 aliphatic heterocycles. The molecule has 0 aliphatic carbocycles. The minimum atomic E-state index is -0.339. The Morgan fingerprint density at radius 1 is 1.38 bits per heavy atom. The van der Waals surface area contributed by atoms with E-state index in [4.69, 9.17) is 0 Å². The van der Waals surface area contributed by atoms with Crippen molar-refractivity contribution in [1.82, 2.24) is 5.32 Å². The highest BCUT2D eigenvalue weighted by Gasteiger charge is 2.24. The zero-order chi connectivity index (χ0) is 11.7. The lowest BCUT2D eigenvalue weighted by molar-refractivity contribution is -0.384. The molecule has 5 nitrogen and oxygen atoms in total. The van der Waals surface area contributed by atoms with Crippen LogP contribution in [0.1, 0.15) is 19.4 Å². The van der Waals surface area contributed by atoms with Gasteiger partial charge in [0.25, 0.3) is 5.69 Å². The minimum Gasteiger partial charge on any atom is -0.375 e. The Labute approximate surface area is 94.0 Å². The first-order chi connectivity index (χ1) is 7.59. The summed E-state index contributed by atoms with van der Waals surface area (Å²) in [5.74, 6) is 0. The average molecular weight is 221 g/mol. The fourth-order valence-electron chi connectivity index (χ4n) is 1.85. The van der Waals surface area contributed by atoms with Crippen molar-refractivity contribution in [2.75, 3.05) is 5.32 Å². The van der Waals surface area contributed by atoms with Crippen molar-refractivity contribution < 1.29 is 4.92 Å². The van der Waals surface area contributed by atoms with Crippen LogP contribution in [-0.2, 0) is 6.54 Å². The third-order valence-corrected chi connectivity index (χ3v) is 3.06. The monoisotopic (exact) mass is 221 g/mol. The van der Waals surface area contributed by atoms with Crippen LogP contribution >= 0.6 is 0 Å². The lowest BCUT2D eigenvalue weighted by Crippen LogP contribution is -2.37. The van der Waals surface area contributed by atoms with Crippen LogP contribution in [0.25, 0.3) is 0 Å². The first-order valence-electron chi connectivity index (χ1n) is 5.36. The summed E-state index contributed by atoms with van der Waals surface area (Å²) in [7, 11) is 0. The van der Waals surface area contributed by atoms with E-state index >= 15 is 0 Å². The topological polar surface area (TPSA) is 67.2 Å². The predicted octanol–water partition coefficient (Wildman–Crippen LogP) is 1.89. The van der Waals surface area contributed by atoms with E-state index in [9.17, 15) is 10.1 Å². The molecule has 0 saturated carbocycles. The highest BCUT2D eigenvalue weighted by molar-refractivity contribution is 5.67. The summed E-state index contributed by atoms with van der Waals surface area (Å²) >= 11 is 0. The molecule has 2 rings (SSSR count). The SMILES string of the molecule is CC1NCc2cccc([N+](=O)[O-])c2NC1C. The van der Waals surface area contributed by atoms with Gasteiger partial charge in [0.05, 0.1) is 4.92 Å². The Morgan fingerprint density at radius 3 is 2.81 bits per heavy atom. The van der Waals surface area contributed by atoms with Crippen molar-refractivity contribution in [1.29, 1.82) is 0 Å². The molecule has 1 aromatic rings.